The Morgan fingerprint density at radius 2 is 2.18 bits per heavy atom. The number of benzene rings is 1. The Kier molecular flexibility index (Phi) is 5.80. The average Bonchev–Trinajstić information content (AvgIpc) is 2.28. The van der Waals surface area contributed by atoms with Crippen LogP contribution in [0, 0.1) is 5.41 Å². The molecule has 0 saturated carbocycles. The molecule has 1 rings (SSSR count). The minimum atomic E-state index is -0.0436. The fourth-order valence-corrected chi connectivity index (χ4v) is 1.57. The van der Waals surface area contributed by atoms with Crippen molar-refractivity contribution in [2.75, 3.05) is 19.8 Å². The van der Waals surface area contributed by atoms with E-state index in [1.807, 2.05) is 6.92 Å². The molecule has 0 spiro atoms. The van der Waals surface area contributed by atoms with E-state index in [2.05, 4.69) is 0 Å². The summed E-state index contributed by atoms with van der Waals surface area (Å²) >= 11 is 5.96. The van der Waals surface area contributed by atoms with Gasteiger partial charge in [0.15, 0.2) is 0 Å². The van der Waals surface area contributed by atoms with Crippen molar-refractivity contribution < 1.29 is 9.47 Å². The first-order valence-corrected chi connectivity index (χ1v) is 5.87. The van der Waals surface area contributed by atoms with E-state index in [0.717, 1.165) is 13.0 Å². The van der Waals surface area contributed by atoms with E-state index in [0.29, 0.717) is 29.5 Å². The molecule has 0 aliphatic carbocycles. The highest BCUT2D eigenvalue weighted by Gasteiger charge is 2.04. The van der Waals surface area contributed by atoms with E-state index in [1.54, 1.807) is 18.2 Å². The van der Waals surface area contributed by atoms with Crippen LogP contribution in [0.15, 0.2) is 18.2 Å². The molecule has 0 unspecified atom stereocenters. The molecule has 0 bridgehead atoms. The summed E-state index contributed by atoms with van der Waals surface area (Å²) in [5, 5.41) is 7.73. The standard InChI is InChI=1S/C12H17ClN2O2/c1-2-16-6-3-7-17-9-4-5-10(12(14)15)11(13)8-9/h4-5,8H,2-3,6-7H2,1H3,(H3,14,15). The summed E-state index contributed by atoms with van der Waals surface area (Å²) in [4.78, 5) is 0. The molecule has 0 heterocycles. The molecule has 0 aliphatic rings. The van der Waals surface area contributed by atoms with Crippen molar-refractivity contribution in [1.82, 2.24) is 0 Å². The number of nitrogens with one attached hydrogen (secondary N) is 1. The molecule has 4 nitrogen and oxygen atoms in total. The van der Waals surface area contributed by atoms with Crippen molar-refractivity contribution in [3.05, 3.63) is 28.8 Å². The molecule has 17 heavy (non-hydrogen) atoms. The van der Waals surface area contributed by atoms with Gasteiger partial charge < -0.3 is 15.2 Å². The van der Waals surface area contributed by atoms with E-state index in [9.17, 15) is 0 Å². The molecular weight excluding hydrogens is 240 g/mol. The Morgan fingerprint density at radius 1 is 1.41 bits per heavy atom. The van der Waals surface area contributed by atoms with Crippen LogP contribution in [0.5, 0.6) is 5.75 Å². The van der Waals surface area contributed by atoms with Crippen LogP contribution in [0.2, 0.25) is 5.02 Å². The quantitative estimate of drug-likeness (QED) is 0.447. The fraction of sp³-hybridized carbons (Fsp3) is 0.417. The number of amidine groups is 1. The summed E-state index contributed by atoms with van der Waals surface area (Å²) in [6.07, 6.45) is 0.833. The maximum Gasteiger partial charge on any atom is 0.124 e. The van der Waals surface area contributed by atoms with Crippen LogP contribution in [0.1, 0.15) is 18.9 Å². The Bertz CT molecular complexity index is 383. The lowest BCUT2D eigenvalue weighted by atomic mass is 10.2. The van der Waals surface area contributed by atoms with Crippen molar-refractivity contribution >= 4 is 17.4 Å². The van der Waals surface area contributed by atoms with Crippen molar-refractivity contribution in [2.24, 2.45) is 5.73 Å². The van der Waals surface area contributed by atoms with Gasteiger partial charge in [-0.15, -0.1) is 0 Å². The number of ether oxygens (including phenoxy) is 2. The second-order valence-corrected chi connectivity index (χ2v) is 3.86. The molecule has 0 saturated heterocycles. The van der Waals surface area contributed by atoms with Crippen molar-refractivity contribution in [1.29, 1.82) is 5.41 Å². The van der Waals surface area contributed by atoms with Gasteiger partial charge in [0.1, 0.15) is 11.6 Å². The molecule has 0 fully saturated rings. The Hall–Kier alpha value is -1.26. The summed E-state index contributed by atoms with van der Waals surface area (Å²) in [6.45, 7) is 3.95. The normalized spacial score (nSPS) is 10.2. The third-order valence-electron chi connectivity index (χ3n) is 2.14. The second kappa shape index (κ2) is 7.14. The summed E-state index contributed by atoms with van der Waals surface area (Å²) in [7, 11) is 0. The van der Waals surface area contributed by atoms with Gasteiger partial charge in [0.25, 0.3) is 0 Å². The van der Waals surface area contributed by atoms with Crippen LogP contribution < -0.4 is 10.5 Å². The van der Waals surface area contributed by atoms with Crippen molar-refractivity contribution in [3.63, 3.8) is 0 Å². The van der Waals surface area contributed by atoms with Crippen LogP contribution in [-0.4, -0.2) is 25.7 Å². The third kappa shape index (κ3) is 4.63. The largest absolute Gasteiger partial charge is 0.493 e. The number of halogens is 1. The molecule has 94 valence electrons. The minimum Gasteiger partial charge on any atom is -0.493 e. The summed E-state index contributed by atoms with van der Waals surface area (Å²) < 4.78 is 10.7. The van der Waals surface area contributed by atoms with Crippen LogP contribution in [-0.2, 0) is 4.74 Å². The zero-order chi connectivity index (χ0) is 12.7. The molecule has 0 aromatic heterocycles. The van der Waals surface area contributed by atoms with E-state index in [1.165, 1.54) is 0 Å². The van der Waals surface area contributed by atoms with E-state index in [4.69, 9.17) is 32.2 Å². The monoisotopic (exact) mass is 256 g/mol. The van der Waals surface area contributed by atoms with Gasteiger partial charge in [0.05, 0.1) is 11.6 Å². The third-order valence-corrected chi connectivity index (χ3v) is 2.45. The van der Waals surface area contributed by atoms with Gasteiger partial charge in [0.2, 0.25) is 0 Å². The molecule has 5 heteroatoms. The van der Waals surface area contributed by atoms with Crippen molar-refractivity contribution in [3.8, 4) is 5.75 Å². The fourth-order valence-electron chi connectivity index (χ4n) is 1.30. The first-order chi connectivity index (χ1) is 8.15. The van der Waals surface area contributed by atoms with Gasteiger partial charge in [0, 0.05) is 25.2 Å². The lowest BCUT2D eigenvalue weighted by Gasteiger charge is -2.08. The van der Waals surface area contributed by atoms with Gasteiger partial charge in [-0.25, -0.2) is 0 Å². The molecule has 0 atom stereocenters. The number of nitrogens with two attached hydrogens (primary N) is 1. The Labute approximate surface area is 106 Å². The molecule has 3 N–H and O–H groups in total. The lowest BCUT2D eigenvalue weighted by Crippen LogP contribution is -2.11. The molecule has 1 aromatic carbocycles. The number of hydrogen-bond donors (Lipinski definition) is 2. The second-order valence-electron chi connectivity index (χ2n) is 3.45. The van der Waals surface area contributed by atoms with Crippen molar-refractivity contribution in [2.45, 2.75) is 13.3 Å². The van der Waals surface area contributed by atoms with E-state index >= 15 is 0 Å². The van der Waals surface area contributed by atoms with Crippen LogP contribution >= 0.6 is 11.6 Å². The van der Waals surface area contributed by atoms with Gasteiger partial charge in [-0.3, -0.25) is 5.41 Å². The molecule has 0 amide bonds. The van der Waals surface area contributed by atoms with Gasteiger partial charge in [-0.05, 0) is 25.1 Å². The first kappa shape index (κ1) is 13.8. The average molecular weight is 257 g/mol. The molecule has 1 aromatic rings. The SMILES string of the molecule is CCOCCCOc1ccc(C(=N)N)c(Cl)c1. The first-order valence-electron chi connectivity index (χ1n) is 5.49. The van der Waals surface area contributed by atoms with Crippen LogP contribution in [0.4, 0.5) is 0 Å². The highest BCUT2D eigenvalue weighted by Crippen LogP contribution is 2.22. The summed E-state index contributed by atoms with van der Waals surface area (Å²) in [5.74, 6) is 0.634. The van der Waals surface area contributed by atoms with Gasteiger partial charge >= 0.3 is 0 Å². The number of hydrogen-bond acceptors (Lipinski definition) is 3. The summed E-state index contributed by atoms with van der Waals surface area (Å²) in [6, 6.07) is 5.10. The predicted octanol–water partition coefficient (Wildman–Crippen LogP) is 2.43. The Morgan fingerprint density at radius 3 is 2.76 bits per heavy atom. The van der Waals surface area contributed by atoms with E-state index < -0.39 is 0 Å². The maximum atomic E-state index is 7.30. The topological polar surface area (TPSA) is 68.3 Å². The Balaban J connectivity index is 2.45. The molecule has 0 radical (unpaired) electrons. The number of rotatable bonds is 7. The number of nitrogen functional groups attached to an aromatic ring is 1. The maximum absolute atomic E-state index is 7.30. The van der Waals surface area contributed by atoms with Gasteiger partial charge in [-0.2, -0.15) is 0 Å². The molecular formula is C12H17ClN2O2. The van der Waals surface area contributed by atoms with E-state index in [-0.39, 0.29) is 5.84 Å². The van der Waals surface area contributed by atoms with Crippen LogP contribution in [0.25, 0.3) is 0 Å². The zero-order valence-corrected chi connectivity index (χ0v) is 10.6. The predicted molar refractivity (Wildman–Crippen MR) is 69.1 cm³/mol. The lowest BCUT2D eigenvalue weighted by molar-refractivity contribution is 0.131. The minimum absolute atomic E-state index is 0.0436. The van der Waals surface area contributed by atoms with Gasteiger partial charge in [-0.1, -0.05) is 11.6 Å². The molecule has 0 aliphatic heterocycles. The summed E-state index contributed by atoms with van der Waals surface area (Å²) in [5.41, 5.74) is 5.88. The smallest absolute Gasteiger partial charge is 0.124 e. The highest BCUT2D eigenvalue weighted by molar-refractivity contribution is 6.34. The zero-order valence-electron chi connectivity index (χ0n) is 9.83. The van der Waals surface area contributed by atoms with Crippen LogP contribution in [0.3, 0.4) is 0 Å². The highest BCUT2D eigenvalue weighted by atomic mass is 35.5.